The molecule has 1 aliphatic heterocycles. The van der Waals surface area contributed by atoms with Crippen LogP contribution in [-0.4, -0.2) is 29.9 Å². The normalized spacial score (nSPS) is 34.4. The van der Waals surface area contributed by atoms with E-state index in [-0.39, 0.29) is 11.8 Å². The Bertz CT molecular complexity index is 708. The summed E-state index contributed by atoms with van der Waals surface area (Å²) in [7, 11) is 0. The van der Waals surface area contributed by atoms with E-state index in [0.29, 0.717) is 18.3 Å². The zero-order valence-corrected chi connectivity index (χ0v) is 16.7. The molecule has 0 spiro atoms. The summed E-state index contributed by atoms with van der Waals surface area (Å²) in [5, 5.41) is 5.80. The van der Waals surface area contributed by atoms with Crippen molar-refractivity contribution in [3.8, 4) is 0 Å². The molecule has 6 heteroatoms. The topological polar surface area (TPSA) is 62.3 Å². The predicted octanol–water partition coefficient (Wildman–Crippen LogP) is 3.54. The smallest absolute Gasteiger partial charge is 0.228 e. The molecule has 4 saturated carbocycles. The van der Waals surface area contributed by atoms with E-state index in [4.69, 9.17) is 0 Å². The number of nitrogens with zero attached hydrogens (tertiary/aromatic N) is 2. The number of aromatic nitrogens is 1. The van der Waals surface area contributed by atoms with E-state index >= 15 is 0 Å². The molecule has 146 valence electrons. The lowest BCUT2D eigenvalue weighted by atomic mass is 9.49. The highest BCUT2D eigenvalue weighted by Gasteiger charge is 2.50. The standard InChI is InChI=1S/C21H29N3O2S/c25-18(9-17-13-27-20(23-17)24-5-1-2-19(24)26)22-4-3-21-10-14-6-15(11-21)8-16(7-14)12-21/h13-16H,1-12H2,(H,22,25). The van der Waals surface area contributed by atoms with Crippen LogP contribution in [0.2, 0.25) is 0 Å². The number of thiazole rings is 1. The molecule has 0 atom stereocenters. The van der Waals surface area contributed by atoms with Crippen molar-refractivity contribution in [2.24, 2.45) is 23.2 Å². The number of nitrogens with one attached hydrogen (secondary N) is 1. The lowest BCUT2D eigenvalue weighted by Gasteiger charge is -2.57. The lowest BCUT2D eigenvalue weighted by Crippen LogP contribution is -2.47. The van der Waals surface area contributed by atoms with E-state index in [1.165, 1.54) is 49.9 Å². The van der Waals surface area contributed by atoms with Gasteiger partial charge in [0.15, 0.2) is 5.13 Å². The van der Waals surface area contributed by atoms with Crippen molar-refractivity contribution >= 4 is 28.3 Å². The Morgan fingerprint density at radius 2 is 1.93 bits per heavy atom. The van der Waals surface area contributed by atoms with Gasteiger partial charge >= 0.3 is 0 Å². The number of amides is 2. The molecular formula is C21H29N3O2S. The fraction of sp³-hybridized carbons (Fsp3) is 0.762. The SMILES string of the molecule is O=C(Cc1csc(N2CCCC2=O)n1)NCCC12CC3CC(CC(C3)C1)C2. The van der Waals surface area contributed by atoms with E-state index in [0.717, 1.165) is 54.5 Å². The Morgan fingerprint density at radius 1 is 1.22 bits per heavy atom. The predicted molar refractivity (Wildman–Crippen MR) is 106 cm³/mol. The third-order valence-electron chi connectivity index (χ3n) is 7.33. The molecule has 2 heterocycles. The summed E-state index contributed by atoms with van der Waals surface area (Å²) in [6.07, 6.45) is 11.6. The van der Waals surface area contributed by atoms with E-state index in [2.05, 4.69) is 10.3 Å². The second kappa shape index (κ2) is 6.87. The van der Waals surface area contributed by atoms with Gasteiger partial charge in [-0.2, -0.15) is 0 Å². The van der Waals surface area contributed by atoms with Crippen LogP contribution in [0.25, 0.3) is 0 Å². The highest BCUT2D eigenvalue weighted by molar-refractivity contribution is 7.14. The van der Waals surface area contributed by atoms with Crippen LogP contribution in [0.5, 0.6) is 0 Å². The first-order valence-electron chi connectivity index (χ1n) is 10.6. The molecule has 1 aromatic rings. The van der Waals surface area contributed by atoms with Crippen LogP contribution >= 0.6 is 11.3 Å². The van der Waals surface area contributed by atoms with Crippen molar-refractivity contribution in [2.75, 3.05) is 18.0 Å². The van der Waals surface area contributed by atoms with Crippen molar-refractivity contribution in [2.45, 2.75) is 64.2 Å². The lowest BCUT2D eigenvalue weighted by molar-refractivity contribution is -0.121. The highest BCUT2D eigenvalue weighted by atomic mass is 32.1. The number of carbonyl (C=O) groups excluding carboxylic acids is 2. The summed E-state index contributed by atoms with van der Waals surface area (Å²) < 4.78 is 0. The third-order valence-corrected chi connectivity index (χ3v) is 8.24. The zero-order chi connectivity index (χ0) is 18.4. The summed E-state index contributed by atoms with van der Waals surface area (Å²) in [5.41, 5.74) is 1.30. The van der Waals surface area contributed by atoms with Gasteiger partial charge in [0.1, 0.15) is 0 Å². The summed E-state index contributed by atoms with van der Waals surface area (Å²) in [4.78, 5) is 30.4. The van der Waals surface area contributed by atoms with E-state index in [1.807, 2.05) is 5.38 Å². The molecule has 6 rings (SSSR count). The molecule has 0 unspecified atom stereocenters. The van der Waals surface area contributed by atoms with Crippen molar-refractivity contribution < 1.29 is 9.59 Å². The number of anilines is 1. The molecule has 27 heavy (non-hydrogen) atoms. The third kappa shape index (κ3) is 3.53. The summed E-state index contributed by atoms with van der Waals surface area (Å²) in [6, 6.07) is 0. The molecule has 4 aliphatic carbocycles. The molecule has 1 N–H and O–H groups in total. The maximum absolute atomic E-state index is 12.4. The molecule has 1 saturated heterocycles. The van der Waals surface area contributed by atoms with Crippen LogP contribution in [0.15, 0.2) is 5.38 Å². The van der Waals surface area contributed by atoms with E-state index in [9.17, 15) is 9.59 Å². The van der Waals surface area contributed by atoms with Crippen LogP contribution in [0.3, 0.4) is 0 Å². The Balaban J connectivity index is 1.11. The Hall–Kier alpha value is -1.43. The van der Waals surface area contributed by atoms with Gasteiger partial charge in [0.25, 0.3) is 0 Å². The molecule has 0 radical (unpaired) electrons. The first-order valence-corrected chi connectivity index (χ1v) is 11.5. The van der Waals surface area contributed by atoms with Crippen molar-refractivity contribution in [3.05, 3.63) is 11.1 Å². The summed E-state index contributed by atoms with van der Waals surface area (Å²) in [5.74, 6) is 3.11. The fourth-order valence-electron chi connectivity index (χ4n) is 6.64. The maximum atomic E-state index is 12.4. The van der Waals surface area contributed by atoms with Crippen LogP contribution in [0.4, 0.5) is 5.13 Å². The zero-order valence-electron chi connectivity index (χ0n) is 15.9. The number of carbonyl (C=O) groups is 2. The van der Waals surface area contributed by atoms with Gasteiger partial charge in [-0.1, -0.05) is 0 Å². The van der Waals surface area contributed by atoms with Gasteiger partial charge in [0.2, 0.25) is 11.8 Å². The largest absolute Gasteiger partial charge is 0.356 e. The van der Waals surface area contributed by atoms with Gasteiger partial charge in [0.05, 0.1) is 12.1 Å². The van der Waals surface area contributed by atoms with Crippen LogP contribution in [0.1, 0.15) is 63.5 Å². The maximum Gasteiger partial charge on any atom is 0.228 e. The average molecular weight is 388 g/mol. The second-order valence-electron chi connectivity index (χ2n) is 9.46. The molecule has 4 bridgehead atoms. The minimum atomic E-state index is 0.0596. The highest BCUT2D eigenvalue weighted by Crippen LogP contribution is 2.61. The minimum absolute atomic E-state index is 0.0596. The fourth-order valence-corrected chi connectivity index (χ4v) is 7.51. The molecule has 5 fully saturated rings. The van der Waals surface area contributed by atoms with Gasteiger partial charge in [-0.3, -0.25) is 14.5 Å². The van der Waals surface area contributed by atoms with Gasteiger partial charge in [-0.05, 0) is 74.5 Å². The van der Waals surface area contributed by atoms with Crippen LogP contribution in [0, 0.1) is 23.2 Å². The minimum Gasteiger partial charge on any atom is -0.356 e. The molecule has 5 nitrogen and oxygen atoms in total. The van der Waals surface area contributed by atoms with Crippen molar-refractivity contribution in [3.63, 3.8) is 0 Å². The first-order chi connectivity index (χ1) is 13.1. The number of hydrogen-bond acceptors (Lipinski definition) is 4. The van der Waals surface area contributed by atoms with Gasteiger partial charge in [-0.25, -0.2) is 4.98 Å². The second-order valence-corrected chi connectivity index (χ2v) is 10.3. The van der Waals surface area contributed by atoms with Crippen LogP contribution < -0.4 is 10.2 Å². The Labute approximate surface area is 164 Å². The quantitative estimate of drug-likeness (QED) is 0.812. The van der Waals surface area contributed by atoms with Crippen molar-refractivity contribution in [1.82, 2.24) is 10.3 Å². The van der Waals surface area contributed by atoms with E-state index < -0.39 is 0 Å². The summed E-state index contributed by atoms with van der Waals surface area (Å²) in [6.45, 7) is 1.55. The van der Waals surface area contributed by atoms with Gasteiger partial charge < -0.3 is 5.32 Å². The number of hydrogen-bond donors (Lipinski definition) is 1. The monoisotopic (exact) mass is 387 g/mol. The molecule has 0 aromatic carbocycles. The van der Waals surface area contributed by atoms with Crippen molar-refractivity contribution in [1.29, 1.82) is 0 Å². The average Bonchev–Trinajstić information content (AvgIpc) is 3.22. The molecular weight excluding hydrogens is 358 g/mol. The molecule has 2 amide bonds. The van der Waals surface area contributed by atoms with Crippen LogP contribution in [-0.2, 0) is 16.0 Å². The molecule has 5 aliphatic rings. The Kier molecular flexibility index (Phi) is 4.49. The number of rotatable bonds is 6. The van der Waals surface area contributed by atoms with Gasteiger partial charge in [-0.15, -0.1) is 11.3 Å². The van der Waals surface area contributed by atoms with E-state index in [1.54, 1.807) is 4.90 Å². The first kappa shape index (κ1) is 17.7. The summed E-state index contributed by atoms with van der Waals surface area (Å²) >= 11 is 1.47. The molecule has 1 aromatic heterocycles. The van der Waals surface area contributed by atoms with Gasteiger partial charge in [0, 0.05) is 24.9 Å². The Morgan fingerprint density at radius 3 is 2.56 bits per heavy atom.